The van der Waals surface area contributed by atoms with E-state index in [1.54, 1.807) is 12.1 Å². The predicted octanol–water partition coefficient (Wildman–Crippen LogP) is 4.47. The number of piperazine rings is 1. The quantitative estimate of drug-likeness (QED) is 0.785. The summed E-state index contributed by atoms with van der Waals surface area (Å²) in [5.41, 5.74) is -3.43. The summed E-state index contributed by atoms with van der Waals surface area (Å²) in [5, 5.41) is 3.29. The number of hydrogen-bond donors (Lipinski definition) is 1. The molecule has 1 aromatic rings. The van der Waals surface area contributed by atoms with Crippen molar-refractivity contribution in [1.29, 1.82) is 0 Å². The molecule has 1 aromatic carbocycles. The number of nitrogens with one attached hydrogen (secondary N) is 1. The maximum absolute atomic E-state index is 12.8. The Bertz CT molecular complexity index is 451. The van der Waals surface area contributed by atoms with Gasteiger partial charge in [0.15, 0.2) is 0 Å². The van der Waals surface area contributed by atoms with Crippen LogP contribution in [0.25, 0.3) is 0 Å². The van der Waals surface area contributed by atoms with E-state index in [0.29, 0.717) is 4.90 Å². The van der Waals surface area contributed by atoms with Gasteiger partial charge in [-0.2, -0.15) is 13.2 Å². The lowest BCUT2D eigenvalue weighted by Crippen LogP contribution is -2.45. The van der Waals surface area contributed by atoms with Gasteiger partial charge in [-0.05, 0) is 29.8 Å². The van der Waals surface area contributed by atoms with Crippen molar-refractivity contribution in [2.24, 2.45) is 0 Å². The van der Waals surface area contributed by atoms with E-state index in [4.69, 9.17) is 0 Å². The minimum absolute atomic E-state index is 0. The van der Waals surface area contributed by atoms with Crippen molar-refractivity contribution in [2.75, 3.05) is 26.2 Å². The maximum Gasteiger partial charge on any atom is 0.446 e. The summed E-state index contributed by atoms with van der Waals surface area (Å²) in [6.07, 6.45) is 1.84. The highest BCUT2D eigenvalue weighted by atomic mass is 35.5. The first-order valence-corrected chi connectivity index (χ1v) is 8.12. The lowest BCUT2D eigenvalue weighted by molar-refractivity contribution is -0.0328. The molecular weight excluding hydrogens is 333 g/mol. The molecule has 0 spiro atoms. The molecule has 22 heavy (non-hydrogen) atoms. The maximum atomic E-state index is 12.8. The molecule has 0 aliphatic carbocycles. The number of nitrogens with zero attached hydrogens (tertiary/aromatic N) is 1. The predicted molar refractivity (Wildman–Crippen MR) is 87.7 cm³/mol. The molecule has 7 heteroatoms. The number of hydrogen-bond acceptors (Lipinski definition) is 3. The molecule has 0 saturated carbocycles. The van der Waals surface area contributed by atoms with E-state index in [-0.39, 0.29) is 30.2 Å². The van der Waals surface area contributed by atoms with Crippen LogP contribution in [0.3, 0.4) is 0 Å². The Hall–Kier alpha value is -0.430. The van der Waals surface area contributed by atoms with E-state index in [2.05, 4.69) is 17.1 Å². The van der Waals surface area contributed by atoms with Gasteiger partial charge >= 0.3 is 5.51 Å². The van der Waals surface area contributed by atoms with Gasteiger partial charge in [0.05, 0.1) is 0 Å². The highest BCUT2D eigenvalue weighted by Gasteiger charge is 2.32. The Morgan fingerprint density at radius 3 is 2.45 bits per heavy atom. The number of rotatable bonds is 5. The van der Waals surface area contributed by atoms with Crippen LogP contribution in [0.4, 0.5) is 13.2 Å². The molecule has 0 bridgehead atoms. The monoisotopic (exact) mass is 354 g/mol. The molecule has 0 radical (unpaired) electrons. The van der Waals surface area contributed by atoms with Crippen molar-refractivity contribution in [1.82, 2.24) is 10.2 Å². The van der Waals surface area contributed by atoms with Gasteiger partial charge in [-0.1, -0.05) is 31.5 Å². The van der Waals surface area contributed by atoms with E-state index in [0.717, 1.165) is 44.6 Å². The minimum atomic E-state index is -4.24. The third-order valence-corrected chi connectivity index (χ3v) is 4.48. The third-order valence-electron chi connectivity index (χ3n) is 3.66. The van der Waals surface area contributed by atoms with Crippen molar-refractivity contribution >= 4 is 24.2 Å². The molecular formula is C15H22ClF3N2S. The molecule has 1 aliphatic heterocycles. The van der Waals surface area contributed by atoms with Gasteiger partial charge < -0.3 is 5.32 Å². The van der Waals surface area contributed by atoms with Crippen LogP contribution < -0.4 is 5.32 Å². The second kappa shape index (κ2) is 9.01. The van der Waals surface area contributed by atoms with E-state index in [1.165, 1.54) is 0 Å². The SMILES string of the molecule is CCC[C@@H](c1ccccc1SC(F)(F)F)N1CCNCC1.Cl. The smallest absolute Gasteiger partial charge is 0.314 e. The number of halogens is 4. The summed E-state index contributed by atoms with van der Waals surface area (Å²) in [4.78, 5) is 2.64. The van der Waals surface area contributed by atoms with Crippen molar-refractivity contribution in [3.63, 3.8) is 0 Å². The zero-order valence-corrected chi connectivity index (χ0v) is 14.2. The molecule has 126 valence electrons. The van der Waals surface area contributed by atoms with Crippen molar-refractivity contribution in [2.45, 2.75) is 36.2 Å². The van der Waals surface area contributed by atoms with Crippen LogP contribution >= 0.6 is 24.2 Å². The highest BCUT2D eigenvalue weighted by molar-refractivity contribution is 8.00. The van der Waals surface area contributed by atoms with Gasteiger partial charge in [-0.3, -0.25) is 4.90 Å². The third kappa shape index (κ3) is 5.65. The van der Waals surface area contributed by atoms with Crippen LogP contribution in [0.15, 0.2) is 29.2 Å². The van der Waals surface area contributed by atoms with E-state index < -0.39 is 5.51 Å². The minimum Gasteiger partial charge on any atom is -0.314 e. The number of thioether (sulfide) groups is 1. The summed E-state index contributed by atoms with van der Waals surface area (Å²) < 4.78 is 38.3. The topological polar surface area (TPSA) is 15.3 Å². The van der Waals surface area contributed by atoms with Crippen molar-refractivity contribution < 1.29 is 13.2 Å². The molecule has 1 fully saturated rings. The molecule has 1 aliphatic rings. The zero-order chi connectivity index (χ0) is 15.3. The van der Waals surface area contributed by atoms with Crippen molar-refractivity contribution in [3.05, 3.63) is 29.8 Å². The van der Waals surface area contributed by atoms with Gasteiger partial charge in [0, 0.05) is 37.1 Å². The molecule has 2 rings (SSSR count). The zero-order valence-electron chi connectivity index (χ0n) is 12.5. The van der Waals surface area contributed by atoms with E-state index >= 15 is 0 Å². The van der Waals surface area contributed by atoms with Crippen LogP contribution in [0.5, 0.6) is 0 Å². The standard InChI is InChI=1S/C15H21F3N2S.ClH/c1-2-5-13(20-10-8-19-9-11-20)12-6-3-4-7-14(12)21-15(16,17)18;/h3-4,6-7,13,19H,2,5,8-11H2,1H3;1H/t13-;/m0./s1. The second-order valence-corrected chi connectivity index (χ2v) is 6.28. The second-order valence-electron chi connectivity index (χ2n) is 5.18. The summed E-state index contributed by atoms with van der Waals surface area (Å²) in [5.74, 6) is 0. The molecule has 0 unspecified atom stereocenters. The Balaban J connectivity index is 0.00000242. The van der Waals surface area contributed by atoms with Crippen LogP contribution in [0.2, 0.25) is 0 Å². The largest absolute Gasteiger partial charge is 0.446 e. The first kappa shape index (κ1) is 19.6. The van der Waals surface area contributed by atoms with Gasteiger partial charge in [0.2, 0.25) is 0 Å². The fourth-order valence-corrected chi connectivity index (χ4v) is 3.49. The van der Waals surface area contributed by atoms with Gasteiger partial charge in [-0.25, -0.2) is 0 Å². The molecule has 1 N–H and O–H groups in total. The van der Waals surface area contributed by atoms with E-state index in [9.17, 15) is 13.2 Å². The van der Waals surface area contributed by atoms with Gasteiger partial charge in [-0.15, -0.1) is 12.4 Å². The van der Waals surface area contributed by atoms with E-state index in [1.807, 2.05) is 12.1 Å². The van der Waals surface area contributed by atoms with Gasteiger partial charge in [0.25, 0.3) is 0 Å². The fourth-order valence-electron chi connectivity index (χ4n) is 2.78. The average molecular weight is 355 g/mol. The van der Waals surface area contributed by atoms with Crippen LogP contribution in [-0.4, -0.2) is 36.6 Å². The van der Waals surface area contributed by atoms with Crippen molar-refractivity contribution in [3.8, 4) is 0 Å². The Morgan fingerprint density at radius 2 is 1.86 bits per heavy atom. The van der Waals surface area contributed by atoms with Crippen LogP contribution in [0.1, 0.15) is 31.4 Å². The van der Waals surface area contributed by atoms with Gasteiger partial charge in [0.1, 0.15) is 0 Å². The molecule has 0 amide bonds. The first-order chi connectivity index (χ1) is 10.0. The molecule has 1 atom stereocenters. The average Bonchev–Trinajstić information content (AvgIpc) is 2.45. The molecule has 1 saturated heterocycles. The Kier molecular flexibility index (Phi) is 8.03. The number of benzene rings is 1. The summed E-state index contributed by atoms with van der Waals surface area (Å²) in [7, 11) is 0. The highest BCUT2D eigenvalue weighted by Crippen LogP contribution is 2.42. The lowest BCUT2D eigenvalue weighted by Gasteiger charge is -2.36. The summed E-state index contributed by atoms with van der Waals surface area (Å²) in [6.45, 7) is 5.64. The normalized spacial score (nSPS) is 17.8. The molecule has 0 aromatic heterocycles. The summed E-state index contributed by atoms with van der Waals surface area (Å²) >= 11 is 0.00326. The van der Waals surface area contributed by atoms with Crippen LogP contribution in [-0.2, 0) is 0 Å². The Labute approximate surface area is 140 Å². The lowest BCUT2D eigenvalue weighted by atomic mass is 10.00. The Morgan fingerprint density at radius 1 is 1.23 bits per heavy atom. The first-order valence-electron chi connectivity index (χ1n) is 7.30. The number of alkyl halides is 3. The fraction of sp³-hybridized carbons (Fsp3) is 0.600. The molecule has 1 heterocycles. The summed E-state index contributed by atoms with van der Waals surface area (Å²) in [6, 6.07) is 7.01. The molecule has 2 nitrogen and oxygen atoms in total. The van der Waals surface area contributed by atoms with Crippen LogP contribution in [0, 0.1) is 0 Å².